The van der Waals surface area contributed by atoms with Gasteiger partial charge in [-0.05, 0) is 44.2 Å². The maximum absolute atomic E-state index is 12.6. The molecule has 0 radical (unpaired) electrons. The molecule has 4 rings (SSSR count). The maximum Gasteiger partial charge on any atom is 0.258 e. The van der Waals surface area contributed by atoms with Gasteiger partial charge in [-0.2, -0.15) is 0 Å². The predicted octanol–water partition coefficient (Wildman–Crippen LogP) is 2.52. The van der Waals surface area contributed by atoms with Crippen molar-refractivity contribution >= 4 is 17.7 Å². The molecule has 30 heavy (non-hydrogen) atoms. The third-order valence-corrected chi connectivity index (χ3v) is 6.15. The summed E-state index contributed by atoms with van der Waals surface area (Å²) in [7, 11) is 0. The quantitative estimate of drug-likeness (QED) is 0.729. The van der Waals surface area contributed by atoms with Crippen molar-refractivity contribution in [2.75, 3.05) is 19.6 Å². The van der Waals surface area contributed by atoms with Crippen molar-refractivity contribution in [3.05, 3.63) is 41.5 Å². The van der Waals surface area contributed by atoms with E-state index < -0.39 is 5.72 Å². The largest absolute Gasteiger partial charge is 0.467 e. The van der Waals surface area contributed by atoms with E-state index in [1.165, 1.54) is 18.4 Å². The van der Waals surface area contributed by atoms with E-state index in [0.29, 0.717) is 37.2 Å². The van der Waals surface area contributed by atoms with Gasteiger partial charge in [0, 0.05) is 32.4 Å². The number of rotatable bonds is 5. The Bertz CT molecular complexity index is 866. The summed E-state index contributed by atoms with van der Waals surface area (Å²) in [5.41, 5.74) is 1.02. The summed E-state index contributed by atoms with van der Waals surface area (Å²) < 4.78 is 6.13. The van der Waals surface area contributed by atoms with Crippen LogP contribution in [0.4, 0.5) is 0 Å². The van der Waals surface area contributed by atoms with Crippen LogP contribution >= 0.6 is 0 Å². The summed E-state index contributed by atoms with van der Waals surface area (Å²) in [6, 6.07) is 7.11. The van der Waals surface area contributed by atoms with Crippen molar-refractivity contribution in [2.24, 2.45) is 0 Å². The number of nitrogens with one attached hydrogen (secondary N) is 2. The molecule has 0 saturated carbocycles. The van der Waals surface area contributed by atoms with Gasteiger partial charge in [0.15, 0.2) is 5.72 Å². The maximum atomic E-state index is 12.6. The average molecular weight is 412 g/mol. The van der Waals surface area contributed by atoms with Gasteiger partial charge in [0.2, 0.25) is 11.8 Å². The molecular formula is C23H29N3O4. The lowest BCUT2D eigenvalue weighted by atomic mass is 9.97. The Morgan fingerprint density at radius 3 is 2.87 bits per heavy atom. The van der Waals surface area contributed by atoms with Crippen LogP contribution in [0.15, 0.2) is 35.9 Å². The molecule has 3 amide bonds. The van der Waals surface area contributed by atoms with Crippen LogP contribution in [0.1, 0.15) is 61.7 Å². The van der Waals surface area contributed by atoms with Gasteiger partial charge in [0.25, 0.3) is 5.91 Å². The zero-order valence-corrected chi connectivity index (χ0v) is 17.2. The fourth-order valence-electron chi connectivity index (χ4n) is 4.40. The molecule has 2 heterocycles. The summed E-state index contributed by atoms with van der Waals surface area (Å²) in [4.78, 5) is 39.0. The second-order valence-corrected chi connectivity index (χ2v) is 8.32. The number of amides is 3. The van der Waals surface area contributed by atoms with Crippen LogP contribution in [-0.4, -0.2) is 48.0 Å². The van der Waals surface area contributed by atoms with E-state index in [2.05, 4.69) is 16.7 Å². The number of benzene rings is 1. The first-order valence-corrected chi connectivity index (χ1v) is 10.9. The van der Waals surface area contributed by atoms with Gasteiger partial charge in [0.05, 0.1) is 12.1 Å². The van der Waals surface area contributed by atoms with Gasteiger partial charge < -0.3 is 20.3 Å². The molecule has 2 aliphatic heterocycles. The van der Waals surface area contributed by atoms with Crippen LogP contribution in [0.2, 0.25) is 0 Å². The number of likely N-dealkylation sites (tertiary alicyclic amines) is 1. The van der Waals surface area contributed by atoms with Crippen molar-refractivity contribution < 1.29 is 19.1 Å². The second kappa shape index (κ2) is 8.90. The minimum Gasteiger partial charge on any atom is -0.467 e. The number of allylic oxidation sites excluding steroid dienone is 1. The molecule has 1 spiro atoms. The zero-order chi connectivity index (χ0) is 21.0. The normalized spacial score (nSPS) is 23.7. The molecule has 1 aromatic carbocycles. The zero-order valence-electron chi connectivity index (χ0n) is 17.2. The van der Waals surface area contributed by atoms with Crippen LogP contribution in [-0.2, 0) is 9.59 Å². The van der Waals surface area contributed by atoms with Gasteiger partial charge >= 0.3 is 0 Å². The lowest BCUT2D eigenvalue weighted by Crippen LogP contribution is -2.56. The van der Waals surface area contributed by atoms with E-state index in [1.807, 2.05) is 6.07 Å². The first kappa shape index (κ1) is 20.4. The molecule has 7 heteroatoms. The predicted molar refractivity (Wildman–Crippen MR) is 112 cm³/mol. The highest BCUT2D eigenvalue weighted by Gasteiger charge is 2.42. The lowest BCUT2D eigenvalue weighted by molar-refractivity contribution is -0.135. The van der Waals surface area contributed by atoms with Gasteiger partial charge in [-0.15, -0.1) is 0 Å². The number of carbonyl (C=O) groups excluding carboxylic acids is 3. The first-order valence-electron chi connectivity index (χ1n) is 10.9. The first-order chi connectivity index (χ1) is 14.5. The number of para-hydroxylation sites is 1. The Morgan fingerprint density at radius 2 is 2.03 bits per heavy atom. The third-order valence-electron chi connectivity index (χ3n) is 6.15. The van der Waals surface area contributed by atoms with E-state index in [4.69, 9.17) is 4.74 Å². The van der Waals surface area contributed by atoms with E-state index in [9.17, 15) is 14.4 Å². The molecule has 0 bridgehead atoms. The van der Waals surface area contributed by atoms with Crippen LogP contribution < -0.4 is 15.4 Å². The van der Waals surface area contributed by atoms with Gasteiger partial charge in [0.1, 0.15) is 5.75 Å². The second-order valence-electron chi connectivity index (χ2n) is 8.32. The number of ether oxygens (including phenoxy) is 1. The number of nitrogens with zero attached hydrogens (tertiary/aromatic N) is 1. The monoisotopic (exact) mass is 411 g/mol. The SMILES string of the molecule is O=C(CN1CCC2(CCC1=O)NC(=O)c1ccccc1O2)NCCC1=CCCCC1. The lowest BCUT2D eigenvalue weighted by Gasteiger charge is -2.38. The van der Waals surface area contributed by atoms with E-state index in [0.717, 1.165) is 19.3 Å². The van der Waals surface area contributed by atoms with Crippen LogP contribution in [0.3, 0.4) is 0 Å². The molecule has 1 aliphatic carbocycles. The molecule has 1 unspecified atom stereocenters. The van der Waals surface area contributed by atoms with Crippen molar-refractivity contribution in [3.63, 3.8) is 0 Å². The Hall–Kier alpha value is -2.83. The van der Waals surface area contributed by atoms with E-state index in [1.54, 1.807) is 23.1 Å². The van der Waals surface area contributed by atoms with Crippen molar-refractivity contribution in [1.29, 1.82) is 0 Å². The van der Waals surface area contributed by atoms with Gasteiger partial charge in [-0.25, -0.2) is 0 Å². The average Bonchev–Trinajstić information content (AvgIpc) is 2.89. The summed E-state index contributed by atoms with van der Waals surface area (Å²) in [6.45, 7) is 1.00. The molecule has 2 N–H and O–H groups in total. The highest BCUT2D eigenvalue weighted by Crippen LogP contribution is 2.33. The minimum absolute atomic E-state index is 0.0402. The number of hydrogen-bond acceptors (Lipinski definition) is 4. The molecular weight excluding hydrogens is 382 g/mol. The van der Waals surface area contributed by atoms with Gasteiger partial charge in [-0.3, -0.25) is 14.4 Å². The third kappa shape index (κ3) is 4.66. The molecule has 160 valence electrons. The summed E-state index contributed by atoms with van der Waals surface area (Å²) in [5.74, 6) is 0.118. The van der Waals surface area contributed by atoms with Crippen LogP contribution in [0.5, 0.6) is 5.75 Å². The van der Waals surface area contributed by atoms with Crippen molar-refractivity contribution in [2.45, 2.75) is 57.1 Å². The Balaban J connectivity index is 1.31. The van der Waals surface area contributed by atoms with Gasteiger partial charge in [-0.1, -0.05) is 23.8 Å². The molecule has 1 atom stereocenters. The Morgan fingerprint density at radius 1 is 1.17 bits per heavy atom. The Labute approximate surface area is 176 Å². The number of fused-ring (bicyclic) bond motifs is 1. The van der Waals surface area contributed by atoms with Crippen molar-refractivity contribution in [3.8, 4) is 5.75 Å². The molecule has 1 fully saturated rings. The fourth-order valence-corrected chi connectivity index (χ4v) is 4.40. The molecule has 1 saturated heterocycles. The summed E-state index contributed by atoms with van der Waals surface area (Å²) >= 11 is 0. The smallest absolute Gasteiger partial charge is 0.258 e. The molecule has 7 nitrogen and oxygen atoms in total. The number of hydrogen-bond donors (Lipinski definition) is 2. The minimum atomic E-state index is -0.903. The standard InChI is InChI=1S/C23H29N3O4/c27-20(24-14-11-17-6-2-1-3-7-17)16-26-15-13-23(12-10-21(26)28)25-22(29)18-8-4-5-9-19(18)30-23/h4-6,8-9H,1-3,7,10-16H2,(H,24,27)(H,25,29). The Kier molecular flexibility index (Phi) is 6.06. The van der Waals surface area contributed by atoms with Crippen LogP contribution in [0.25, 0.3) is 0 Å². The summed E-state index contributed by atoms with van der Waals surface area (Å²) in [6.07, 6.45) is 8.96. The molecule has 3 aliphatic rings. The number of carbonyl (C=O) groups is 3. The fraction of sp³-hybridized carbons (Fsp3) is 0.522. The topological polar surface area (TPSA) is 87.7 Å². The van der Waals surface area contributed by atoms with Crippen LogP contribution in [0, 0.1) is 0 Å². The highest BCUT2D eigenvalue weighted by molar-refractivity contribution is 5.98. The highest BCUT2D eigenvalue weighted by atomic mass is 16.5. The summed E-state index contributed by atoms with van der Waals surface area (Å²) in [5, 5.41) is 5.88. The molecule has 0 aromatic heterocycles. The van der Waals surface area contributed by atoms with E-state index >= 15 is 0 Å². The van der Waals surface area contributed by atoms with Crippen molar-refractivity contribution in [1.82, 2.24) is 15.5 Å². The molecule has 1 aromatic rings. The van der Waals surface area contributed by atoms with E-state index in [-0.39, 0.29) is 30.7 Å².